The highest BCUT2D eigenvalue weighted by Crippen LogP contribution is 2.27. The first-order chi connectivity index (χ1) is 9.27. The van der Waals surface area contributed by atoms with Crippen LogP contribution in [0.4, 0.5) is 0 Å². The molecule has 19 heavy (non-hydrogen) atoms. The number of benzene rings is 1. The van der Waals surface area contributed by atoms with Crippen molar-refractivity contribution in [3.63, 3.8) is 0 Å². The third kappa shape index (κ3) is 3.25. The maximum Gasteiger partial charge on any atom is 0.130 e. The monoisotopic (exact) mass is 321 g/mol. The number of hydrogen-bond donors (Lipinski definition) is 1. The van der Waals surface area contributed by atoms with Gasteiger partial charge in [-0.3, -0.25) is 0 Å². The van der Waals surface area contributed by atoms with Gasteiger partial charge in [-0.2, -0.15) is 0 Å². The number of aryl methyl sites for hydroxylation is 1. The average Bonchev–Trinajstić information content (AvgIpc) is 2.86. The molecule has 0 aliphatic carbocycles. The second-order valence-corrected chi connectivity index (χ2v) is 5.35. The first kappa shape index (κ1) is 14.3. The SMILES string of the molecule is CCCn1ccnc1C(NCC)c1ccccc1Br. The van der Waals surface area contributed by atoms with Gasteiger partial charge in [-0.25, -0.2) is 4.98 Å². The lowest BCUT2D eigenvalue weighted by molar-refractivity contribution is 0.543. The molecule has 1 N–H and O–H groups in total. The molecular formula is C15H20BrN3. The predicted octanol–water partition coefficient (Wildman–Crippen LogP) is 3.75. The van der Waals surface area contributed by atoms with Gasteiger partial charge in [0.05, 0.1) is 6.04 Å². The maximum absolute atomic E-state index is 4.55. The Kier molecular flexibility index (Phi) is 5.16. The van der Waals surface area contributed by atoms with E-state index in [0.29, 0.717) is 0 Å². The summed E-state index contributed by atoms with van der Waals surface area (Å²) in [6.07, 6.45) is 5.05. The van der Waals surface area contributed by atoms with Gasteiger partial charge in [0.2, 0.25) is 0 Å². The van der Waals surface area contributed by atoms with E-state index in [0.717, 1.165) is 29.8 Å². The van der Waals surface area contributed by atoms with Crippen LogP contribution in [0.5, 0.6) is 0 Å². The van der Waals surface area contributed by atoms with Crippen molar-refractivity contribution in [2.24, 2.45) is 0 Å². The second-order valence-electron chi connectivity index (χ2n) is 4.49. The molecule has 0 aliphatic rings. The Morgan fingerprint density at radius 3 is 2.79 bits per heavy atom. The lowest BCUT2D eigenvalue weighted by Crippen LogP contribution is -2.25. The van der Waals surface area contributed by atoms with Crippen LogP contribution in [0.2, 0.25) is 0 Å². The summed E-state index contributed by atoms with van der Waals surface area (Å²) in [7, 11) is 0. The standard InChI is InChI=1S/C15H20BrN3/c1-3-10-19-11-9-18-15(19)14(17-4-2)12-7-5-6-8-13(12)16/h5-9,11,14,17H,3-4,10H2,1-2H3. The normalized spacial score (nSPS) is 12.6. The topological polar surface area (TPSA) is 29.9 Å². The van der Waals surface area contributed by atoms with Crippen molar-refractivity contribution >= 4 is 15.9 Å². The minimum Gasteiger partial charge on any atom is -0.333 e. The van der Waals surface area contributed by atoms with E-state index in [1.807, 2.05) is 12.3 Å². The molecule has 2 aromatic rings. The molecule has 1 heterocycles. The summed E-state index contributed by atoms with van der Waals surface area (Å²) in [5.74, 6) is 1.08. The number of hydrogen-bond acceptors (Lipinski definition) is 2. The molecule has 4 heteroatoms. The van der Waals surface area contributed by atoms with Gasteiger partial charge >= 0.3 is 0 Å². The number of aromatic nitrogens is 2. The van der Waals surface area contributed by atoms with E-state index in [9.17, 15) is 0 Å². The molecular weight excluding hydrogens is 302 g/mol. The maximum atomic E-state index is 4.55. The molecule has 3 nitrogen and oxygen atoms in total. The molecule has 0 amide bonds. The third-order valence-electron chi connectivity index (χ3n) is 3.09. The lowest BCUT2D eigenvalue weighted by Gasteiger charge is -2.20. The second kappa shape index (κ2) is 6.87. The summed E-state index contributed by atoms with van der Waals surface area (Å²) >= 11 is 3.64. The van der Waals surface area contributed by atoms with E-state index < -0.39 is 0 Å². The fourth-order valence-electron chi connectivity index (χ4n) is 2.26. The molecule has 1 aromatic carbocycles. The van der Waals surface area contributed by atoms with Crippen LogP contribution in [0.15, 0.2) is 41.1 Å². The number of imidazole rings is 1. The van der Waals surface area contributed by atoms with Crippen LogP contribution in [0.25, 0.3) is 0 Å². The zero-order chi connectivity index (χ0) is 13.7. The Morgan fingerprint density at radius 1 is 1.32 bits per heavy atom. The van der Waals surface area contributed by atoms with Crippen molar-refractivity contribution in [1.29, 1.82) is 0 Å². The summed E-state index contributed by atoms with van der Waals surface area (Å²) < 4.78 is 3.35. The fraction of sp³-hybridized carbons (Fsp3) is 0.400. The largest absolute Gasteiger partial charge is 0.333 e. The molecule has 0 bridgehead atoms. The Morgan fingerprint density at radius 2 is 2.11 bits per heavy atom. The quantitative estimate of drug-likeness (QED) is 0.878. The average molecular weight is 322 g/mol. The van der Waals surface area contributed by atoms with Gasteiger partial charge in [0, 0.05) is 23.4 Å². The molecule has 0 spiro atoms. The van der Waals surface area contributed by atoms with Crippen molar-refractivity contribution in [2.45, 2.75) is 32.9 Å². The summed E-state index contributed by atoms with van der Waals surface area (Å²) in [6, 6.07) is 8.45. The number of nitrogens with one attached hydrogen (secondary N) is 1. The number of nitrogens with zero attached hydrogens (tertiary/aromatic N) is 2. The Labute approximate surface area is 123 Å². The number of rotatable bonds is 6. The third-order valence-corrected chi connectivity index (χ3v) is 3.82. The highest BCUT2D eigenvalue weighted by Gasteiger charge is 2.19. The van der Waals surface area contributed by atoms with Crippen LogP contribution >= 0.6 is 15.9 Å². The highest BCUT2D eigenvalue weighted by molar-refractivity contribution is 9.10. The van der Waals surface area contributed by atoms with Crippen LogP contribution in [0, 0.1) is 0 Å². The van der Waals surface area contributed by atoms with Gasteiger partial charge in [-0.05, 0) is 24.6 Å². The minimum absolute atomic E-state index is 0.127. The van der Waals surface area contributed by atoms with Gasteiger partial charge in [0.25, 0.3) is 0 Å². The summed E-state index contributed by atoms with van der Waals surface area (Å²) in [6.45, 7) is 6.22. The Hall–Kier alpha value is -1.13. The first-order valence-electron chi connectivity index (χ1n) is 6.76. The smallest absolute Gasteiger partial charge is 0.130 e. The first-order valence-corrected chi connectivity index (χ1v) is 7.56. The van der Waals surface area contributed by atoms with E-state index >= 15 is 0 Å². The molecule has 0 saturated carbocycles. The van der Waals surface area contributed by atoms with Gasteiger partial charge in [-0.1, -0.05) is 48.0 Å². The van der Waals surface area contributed by atoms with Gasteiger partial charge < -0.3 is 9.88 Å². The summed E-state index contributed by atoms with van der Waals surface area (Å²) in [5.41, 5.74) is 1.23. The molecule has 1 atom stereocenters. The van der Waals surface area contributed by atoms with Crippen molar-refractivity contribution in [3.05, 3.63) is 52.5 Å². The van der Waals surface area contributed by atoms with Gasteiger partial charge in [0.1, 0.15) is 5.82 Å². The minimum atomic E-state index is 0.127. The Balaban J connectivity index is 2.40. The highest BCUT2D eigenvalue weighted by atomic mass is 79.9. The molecule has 2 rings (SSSR count). The van der Waals surface area contributed by atoms with E-state index in [1.165, 1.54) is 5.56 Å². The zero-order valence-electron chi connectivity index (χ0n) is 11.4. The van der Waals surface area contributed by atoms with Crippen LogP contribution in [0.1, 0.15) is 37.7 Å². The molecule has 0 saturated heterocycles. The summed E-state index contributed by atoms with van der Waals surface area (Å²) in [5, 5.41) is 3.53. The van der Waals surface area contributed by atoms with E-state index in [-0.39, 0.29) is 6.04 Å². The molecule has 0 radical (unpaired) electrons. The van der Waals surface area contributed by atoms with Crippen molar-refractivity contribution in [3.8, 4) is 0 Å². The number of halogens is 1. The van der Waals surface area contributed by atoms with Crippen LogP contribution in [-0.4, -0.2) is 16.1 Å². The molecule has 1 aromatic heterocycles. The van der Waals surface area contributed by atoms with Crippen molar-refractivity contribution in [2.75, 3.05) is 6.54 Å². The fourth-order valence-corrected chi connectivity index (χ4v) is 2.78. The molecule has 0 fully saturated rings. The molecule has 102 valence electrons. The lowest BCUT2D eigenvalue weighted by atomic mass is 10.1. The van der Waals surface area contributed by atoms with E-state index in [4.69, 9.17) is 0 Å². The van der Waals surface area contributed by atoms with E-state index in [2.05, 4.69) is 69.0 Å². The van der Waals surface area contributed by atoms with E-state index in [1.54, 1.807) is 0 Å². The van der Waals surface area contributed by atoms with Gasteiger partial charge in [0.15, 0.2) is 0 Å². The molecule has 0 aliphatic heterocycles. The summed E-state index contributed by atoms with van der Waals surface area (Å²) in [4.78, 5) is 4.55. The van der Waals surface area contributed by atoms with Crippen LogP contribution in [-0.2, 0) is 6.54 Å². The Bertz CT molecular complexity index is 522. The predicted molar refractivity (Wildman–Crippen MR) is 82.2 cm³/mol. The van der Waals surface area contributed by atoms with Gasteiger partial charge in [-0.15, -0.1) is 0 Å². The van der Waals surface area contributed by atoms with Crippen LogP contribution < -0.4 is 5.32 Å². The van der Waals surface area contributed by atoms with Crippen molar-refractivity contribution < 1.29 is 0 Å². The van der Waals surface area contributed by atoms with Crippen LogP contribution in [0.3, 0.4) is 0 Å². The van der Waals surface area contributed by atoms with Crippen molar-refractivity contribution in [1.82, 2.24) is 14.9 Å². The zero-order valence-corrected chi connectivity index (χ0v) is 13.0. The molecule has 1 unspecified atom stereocenters.